The van der Waals surface area contributed by atoms with Gasteiger partial charge < -0.3 is 10.1 Å². The molecule has 0 aromatic carbocycles. The summed E-state index contributed by atoms with van der Waals surface area (Å²) < 4.78 is 5.72. The second kappa shape index (κ2) is 8.69. The maximum absolute atomic E-state index is 5.72. The number of hydrogen-bond acceptors (Lipinski definition) is 4. The van der Waals surface area contributed by atoms with Crippen LogP contribution in [0.15, 0.2) is 18.3 Å². The van der Waals surface area contributed by atoms with Crippen molar-refractivity contribution in [2.45, 2.75) is 47.1 Å². The molecule has 4 nitrogen and oxygen atoms in total. The Kier molecular flexibility index (Phi) is 7.23. The molecule has 0 unspecified atom stereocenters. The first kappa shape index (κ1) is 16.6. The largest absolute Gasteiger partial charge is 0.486 e. The molecule has 0 aliphatic rings. The molecule has 1 N–H and O–H groups in total. The van der Waals surface area contributed by atoms with Gasteiger partial charge in [0.25, 0.3) is 0 Å². The van der Waals surface area contributed by atoms with Crippen LogP contribution in [0.1, 0.15) is 52.1 Å². The molecule has 4 heteroatoms. The van der Waals surface area contributed by atoms with E-state index < -0.39 is 0 Å². The van der Waals surface area contributed by atoms with E-state index in [4.69, 9.17) is 4.74 Å². The van der Waals surface area contributed by atoms with E-state index >= 15 is 0 Å². The van der Waals surface area contributed by atoms with Gasteiger partial charge in [-0.1, -0.05) is 39.8 Å². The van der Waals surface area contributed by atoms with Crippen molar-refractivity contribution in [3.8, 4) is 5.75 Å². The maximum Gasteiger partial charge on any atom is 0.160 e. The molecular weight excluding hydrogens is 250 g/mol. The Labute approximate surface area is 122 Å². The van der Waals surface area contributed by atoms with Gasteiger partial charge in [0.2, 0.25) is 0 Å². The third-order valence-electron chi connectivity index (χ3n) is 2.78. The van der Waals surface area contributed by atoms with Gasteiger partial charge in [-0.25, -0.2) is 9.97 Å². The normalized spacial score (nSPS) is 11.8. The summed E-state index contributed by atoms with van der Waals surface area (Å²) in [4.78, 5) is 9.00. The molecule has 1 rings (SSSR count). The molecule has 0 spiro atoms. The zero-order chi connectivity index (χ0) is 15.0. The van der Waals surface area contributed by atoms with Crippen molar-refractivity contribution in [1.82, 2.24) is 15.3 Å². The molecule has 1 aromatic heterocycles. The number of nitrogens with one attached hydrogen (secondary N) is 1. The second-order valence-corrected chi connectivity index (χ2v) is 5.60. The molecule has 0 amide bonds. The fourth-order valence-electron chi connectivity index (χ4n) is 1.66. The van der Waals surface area contributed by atoms with E-state index in [9.17, 15) is 0 Å². The van der Waals surface area contributed by atoms with E-state index in [1.165, 1.54) is 0 Å². The molecule has 0 saturated heterocycles. The lowest BCUT2D eigenvalue weighted by atomic mass is 10.2. The fourth-order valence-corrected chi connectivity index (χ4v) is 1.66. The van der Waals surface area contributed by atoms with E-state index in [2.05, 4.69) is 43.0 Å². The summed E-state index contributed by atoms with van der Waals surface area (Å²) in [7, 11) is 0. The molecule has 0 aliphatic carbocycles. The minimum atomic E-state index is 0.323. The molecule has 0 atom stereocenters. The summed E-state index contributed by atoms with van der Waals surface area (Å²) in [6, 6.07) is 0. The molecule has 0 radical (unpaired) electrons. The highest BCUT2D eigenvalue weighted by Crippen LogP contribution is 2.18. The number of ether oxygens (including phenoxy) is 1. The van der Waals surface area contributed by atoms with Crippen LogP contribution in [0.2, 0.25) is 0 Å². The fraction of sp³-hybridized carbons (Fsp3) is 0.625. The van der Waals surface area contributed by atoms with Gasteiger partial charge in [-0.15, -0.1) is 0 Å². The number of rotatable bonds is 8. The Morgan fingerprint density at radius 3 is 2.65 bits per heavy atom. The zero-order valence-corrected chi connectivity index (χ0v) is 13.3. The van der Waals surface area contributed by atoms with Crippen LogP contribution in [-0.4, -0.2) is 23.1 Å². The summed E-state index contributed by atoms with van der Waals surface area (Å²) >= 11 is 0. The van der Waals surface area contributed by atoms with Gasteiger partial charge in [0.15, 0.2) is 5.75 Å². The monoisotopic (exact) mass is 277 g/mol. The average Bonchev–Trinajstić information content (AvgIpc) is 2.39. The summed E-state index contributed by atoms with van der Waals surface area (Å²) in [6.45, 7) is 12.8. The molecule has 1 heterocycles. The van der Waals surface area contributed by atoms with Gasteiger partial charge in [0, 0.05) is 12.5 Å². The zero-order valence-electron chi connectivity index (χ0n) is 13.3. The Morgan fingerprint density at radius 1 is 1.30 bits per heavy atom. The van der Waals surface area contributed by atoms with E-state index in [0.29, 0.717) is 25.0 Å². The van der Waals surface area contributed by atoms with Crippen molar-refractivity contribution in [3.05, 3.63) is 29.9 Å². The third-order valence-corrected chi connectivity index (χ3v) is 2.78. The van der Waals surface area contributed by atoms with Gasteiger partial charge in [-0.2, -0.15) is 0 Å². The summed E-state index contributed by atoms with van der Waals surface area (Å²) in [5.74, 6) is 2.57. The van der Waals surface area contributed by atoms with Gasteiger partial charge in [0.1, 0.15) is 12.4 Å². The number of aromatic nitrogens is 2. The van der Waals surface area contributed by atoms with Crippen LogP contribution in [0.5, 0.6) is 5.75 Å². The van der Waals surface area contributed by atoms with E-state index in [-0.39, 0.29) is 0 Å². The molecule has 0 bridgehead atoms. The topological polar surface area (TPSA) is 47.0 Å². The SMILES string of the molecule is CC=CCOc1cnc(C(C)C)nc1CNCC(C)C. The highest BCUT2D eigenvalue weighted by atomic mass is 16.5. The van der Waals surface area contributed by atoms with Crippen molar-refractivity contribution in [3.63, 3.8) is 0 Å². The maximum atomic E-state index is 5.72. The highest BCUT2D eigenvalue weighted by Gasteiger charge is 2.10. The van der Waals surface area contributed by atoms with Crippen LogP contribution in [0.3, 0.4) is 0 Å². The van der Waals surface area contributed by atoms with Crippen LogP contribution in [0.25, 0.3) is 0 Å². The smallest absolute Gasteiger partial charge is 0.160 e. The van der Waals surface area contributed by atoms with Crippen LogP contribution in [0.4, 0.5) is 0 Å². The first-order valence-corrected chi connectivity index (χ1v) is 7.35. The lowest BCUT2D eigenvalue weighted by Crippen LogP contribution is -2.21. The molecule has 20 heavy (non-hydrogen) atoms. The minimum absolute atomic E-state index is 0.323. The first-order chi connectivity index (χ1) is 9.54. The average molecular weight is 277 g/mol. The minimum Gasteiger partial charge on any atom is -0.486 e. The van der Waals surface area contributed by atoms with Crippen LogP contribution in [-0.2, 0) is 6.54 Å². The molecule has 0 aliphatic heterocycles. The summed E-state index contributed by atoms with van der Waals surface area (Å²) in [5, 5.41) is 3.41. The van der Waals surface area contributed by atoms with Crippen molar-refractivity contribution in [2.75, 3.05) is 13.2 Å². The van der Waals surface area contributed by atoms with Gasteiger partial charge in [-0.05, 0) is 19.4 Å². The summed E-state index contributed by atoms with van der Waals surface area (Å²) in [5.41, 5.74) is 0.939. The number of nitrogens with zero attached hydrogens (tertiary/aromatic N) is 2. The van der Waals surface area contributed by atoms with E-state index in [1.54, 1.807) is 6.20 Å². The van der Waals surface area contributed by atoms with Crippen molar-refractivity contribution < 1.29 is 4.74 Å². The molecule has 112 valence electrons. The lowest BCUT2D eigenvalue weighted by molar-refractivity contribution is 0.351. The van der Waals surface area contributed by atoms with Crippen molar-refractivity contribution in [1.29, 1.82) is 0 Å². The Hall–Kier alpha value is -1.42. The van der Waals surface area contributed by atoms with Gasteiger partial charge in [0.05, 0.1) is 11.9 Å². The molecule has 0 fully saturated rings. The Balaban J connectivity index is 2.79. The number of hydrogen-bond donors (Lipinski definition) is 1. The van der Waals surface area contributed by atoms with Crippen LogP contribution >= 0.6 is 0 Å². The second-order valence-electron chi connectivity index (χ2n) is 5.60. The van der Waals surface area contributed by atoms with Crippen molar-refractivity contribution >= 4 is 0 Å². The van der Waals surface area contributed by atoms with Crippen molar-refractivity contribution in [2.24, 2.45) is 5.92 Å². The van der Waals surface area contributed by atoms with Crippen LogP contribution < -0.4 is 10.1 Å². The predicted octanol–water partition coefficient (Wildman–Crippen LogP) is 3.30. The molecule has 1 aromatic rings. The highest BCUT2D eigenvalue weighted by molar-refractivity contribution is 5.25. The predicted molar refractivity (Wildman–Crippen MR) is 83.0 cm³/mol. The van der Waals surface area contributed by atoms with E-state index in [0.717, 1.165) is 23.8 Å². The Bertz CT molecular complexity index is 428. The number of allylic oxidation sites excluding steroid dienone is 1. The van der Waals surface area contributed by atoms with E-state index in [1.807, 2.05) is 19.1 Å². The quantitative estimate of drug-likeness (QED) is 0.741. The molecular formula is C16H27N3O. The molecule has 0 saturated carbocycles. The lowest BCUT2D eigenvalue weighted by Gasteiger charge is -2.13. The summed E-state index contributed by atoms with van der Waals surface area (Å²) in [6.07, 6.45) is 5.74. The first-order valence-electron chi connectivity index (χ1n) is 7.35. The third kappa shape index (κ3) is 5.70. The Morgan fingerprint density at radius 2 is 2.05 bits per heavy atom. The standard InChI is InChI=1S/C16H27N3O/c1-6-7-8-20-15-11-18-16(13(4)5)19-14(15)10-17-9-12(2)3/h6-7,11-13,17H,8-10H2,1-5H3. The van der Waals surface area contributed by atoms with Crippen LogP contribution in [0, 0.1) is 5.92 Å². The van der Waals surface area contributed by atoms with Gasteiger partial charge in [-0.3, -0.25) is 0 Å². The van der Waals surface area contributed by atoms with Gasteiger partial charge >= 0.3 is 0 Å².